The maximum absolute atomic E-state index is 13.3. The smallest absolute Gasteiger partial charge is 0.326 e. The Kier molecular flexibility index (Phi) is 4.76. The third-order valence-corrected chi connectivity index (χ3v) is 2.41. The van der Waals surface area contributed by atoms with Gasteiger partial charge in [0.15, 0.2) is 0 Å². The molecular formula is C12H13F2NO3. The zero-order valence-corrected chi connectivity index (χ0v) is 9.74. The topological polar surface area (TPSA) is 66.4 Å². The highest BCUT2D eigenvalue weighted by molar-refractivity contribution is 5.84. The number of hydrogen-bond acceptors (Lipinski definition) is 2. The molecule has 0 saturated carbocycles. The van der Waals surface area contributed by atoms with Crippen LogP contribution in [0.25, 0.3) is 0 Å². The van der Waals surface area contributed by atoms with Gasteiger partial charge in [-0.15, -0.1) is 0 Å². The molecule has 98 valence electrons. The molecule has 1 atom stereocenters. The third kappa shape index (κ3) is 3.80. The molecule has 0 radical (unpaired) electrons. The second kappa shape index (κ2) is 6.09. The molecule has 0 aromatic heterocycles. The molecule has 1 unspecified atom stereocenters. The van der Waals surface area contributed by atoms with Crippen LogP contribution in [0.5, 0.6) is 0 Å². The number of carbonyl (C=O) groups excluding carboxylic acids is 1. The van der Waals surface area contributed by atoms with Crippen molar-refractivity contribution in [3.8, 4) is 0 Å². The fourth-order valence-corrected chi connectivity index (χ4v) is 1.42. The molecule has 0 aliphatic carbocycles. The highest BCUT2D eigenvalue weighted by Gasteiger charge is 2.18. The Morgan fingerprint density at radius 2 is 2.06 bits per heavy atom. The van der Waals surface area contributed by atoms with Crippen molar-refractivity contribution >= 4 is 11.9 Å². The number of rotatable bonds is 5. The van der Waals surface area contributed by atoms with Crippen molar-refractivity contribution in [2.24, 2.45) is 0 Å². The standard InChI is InChI=1S/C12H13F2NO3/c1-2-10(12(17)18)15-11(16)5-7-3-4-8(13)6-9(7)14/h3-4,6,10H,2,5H2,1H3,(H,15,16)(H,17,18). The van der Waals surface area contributed by atoms with E-state index in [0.29, 0.717) is 6.07 Å². The first-order chi connectivity index (χ1) is 8.43. The van der Waals surface area contributed by atoms with Gasteiger partial charge in [0, 0.05) is 6.07 Å². The number of benzene rings is 1. The van der Waals surface area contributed by atoms with Crippen LogP contribution >= 0.6 is 0 Å². The molecule has 0 fully saturated rings. The van der Waals surface area contributed by atoms with Crippen LogP contribution in [0.3, 0.4) is 0 Å². The molecule has 1 aromatic carbocycles. The van der Waals surface area contributed by atoms with Gasteiger partial charge in [0.25, 0.3) is 0 Å². The summed E-state index contributed by atoms with van der Waals surface area (Å²) in [5.74, 6) is -3.32. The van der Waals surface area contributed by atoms with E-state index in [0.717, 1.165) is 12.1 Å². The summed E-state index contributed by atoms with van der Waals surface area (Å²) >= 11 is 0. The summed E-state index contributed by atoms with van der Waals surface area (Å²) in [6, 6.07) is 1.88. The molecule has 0 spiro atoms. The highest BCUT2D eigenvalue weighted by atomic mass is 19.1. The summed E-state index contributed by atoms with van der Waals surface area (Å²) in [7, 11) is 0. The fourth-order valence-electron chi connectivity index (χ4n) is 1.42. The average Bonchev–Trinajstić information content (AvgIpc) is 2.29. The van der Waals surface area contributed by atoms with Crippen molar-refractivity contribution in [2.75, 3.05) is 0 Å². The van der Waals surface area contributed by atoms with Gasteiger partial charge in [-0.05, 0) is 18.1 Å². The largest absolute Gasteiger partial charge is 0.480 e. The lowest BCUT2D eigenvalue weighted by Crippen LogP contribution is -2.41. The maximum atomic E-state index is 13.3. The number of carboxylic acids is 1. The molecule has 0 heterocycles. The third-order valence-electron chi connectivity index (χ3n) is 2.41. The Labute approximate surface area is 103 Å². The minimum absolute atomic E-state index is 0.0224. The summed E-state index contributed by atoms with van der Waals surface area (Å²) in [4.78, 5) is 22.2. The van der Waals surface area contributed by atoms with Crippen molar-refractivity contribution in [3.63, 3.8) is 0 Å². The molecule has 1 aromatic rings. The minimum atomic E-state index is -1.15. The van der Waals surface area contributed by atoms with Crippen molar-refractivity contribution in [1.82, 2.24) is 5.32 Å². The Hall–Kier alpha value is -1.98. The Morgan fingerprint density at radius 1 is 1.39 bits per heavy atom. The van der Waals surface area contributed by atoms with Gasteiger partial charge in [-0.3, -0.25) is 4.79 Å². The van der Waals surface area contributed by atoms with Crippen molar-refractivity contribution in [3.05, 3.63) is 35.4 Å². The highest BCUT2D eigenvalue weighted by Crippen LogP contribution is 2.10. The van der Waals surface area contributed by atoms with Gasteiger partial charge in [-0.2, -0.15) is 0 Å². The molecule has 18 heavy (non-hydrogen) atoms. The quantitative estimate of drug-likeness (QED) is 0.839. The van der Waals surface area contributed by atoms with E-state index in [1.54, 1.807) is 6.92 Å². The van der Waals surface area contributed by atoms with E-state index in [1.807, 2.05) is 0 Å². The van der Waals surface area contributed by atoms with E-state index in [9.17, 15) is 18.4 Å². The molecule has 0 saturated heterocycles. The SMILES string of the molecule is CCC(NC(=O)Cc1ccc(F)cc1F)C(=O)O. The van der Waals surface area contributed by atoms with Crippen LogP contribution in [-0.4, -0.2) is 23.0 Å². The van der Waals surface area contributed by atoms with Crippen LogP contribution < -0.4 is 5.32 Å². The van der Waals surface area contributed by atoms with Gasteiger partial charge < -0.3 is 10.4 Å². The van der Waals surface area contributed by atoms with Gasteiger partial charge in [0.2, 0.25) is 5.91 Å². The minimum Gasteiger partial charge on any atom is -0.480 e. The molecule has 0 aliphatic heterocycles. The lowest BCUT2D eigenvalue weighted by molar-refractivity contribution is -0.141. The molecule has 1 amide bonds. The number of hydrogen-bond donors (Lipinski definition) is 2. The van der Waals surface area contributed by atoms with Gasteiger partial charge in [-0.25, -0.2) is 13.6 Å². The summed E-state index contributed by atoms with van der Waals surface area (Å²) < 4.78 is 25.9. The molecular weight excluding hydrogens is 244 g/mol. The molecule has 2 N–H and O–H groups in total. The molecule has 4 nitrogen and oxygen atoms in total. The van der Waals surface area contributed by atoms with E-state index in [2.05, 4.69) is 5.32 Å². The van der Waals surface area contributed by atoms with Crippen LogP contribution in [-0.2, 0) is 16.0 Å². The first-order valence-electron chi connectivity index (χ1n) is 5.40. The lowest BCUT2D eigenvalue weighted by atomic mass is 10.1. The van der Waals surface area contributed by atoms with Crippen LogP contribution in [0.1, 0.15) is 18.9 Å². The molecule has 0 bridgehead atoms. The normalized spacial score (nSPS) is 11.9. The number of halogens is 2. The molecule has 0 aliphatic rings. The lowest BCUT2D eigenvalue weighted by Gasteiger charge is -2.12. The Bertz CT molecular complexity index is 463. The van der Waals surface area contributed by atoms with E-state index in [-0.39, 0.29) is 18.4 Å². The average molecular weight is 257 g/mol. The Balaban J connectivity index is 2.67. The number of carboxylic acid groups (broad SMARTS) is 1. The maximum Gasteiger partial charge on any atom is 0.326 e. The number of aliphatic carboxylic acids is 1. The van der Waals surface area contributed by atoms with Gasteiger partial charge >= 0.3 is 5.97 Å². The van der Waals surface area contributed by atoms with E-state index >= 15 is 0 Å². The van der Waals surface area contributed by atoms with Gasteiger partial charge in [0.05, 0.1) is 6.42 Å². The Morgan fingerprint density at radius 3 is 2.56 bits per heavy atom. The van der Waals surface area contributed by atoms with Crippen LogP contribution in [0.2, 0.25) is 0 Å². The van der Waals surface area contributed by atoms with Gasteiger partial charge in [-0.1, -0.05) is 13.0 Å². The van der Waals surface area contributed by atoms with Crippen LogP contribution in [0.4, 0.5) is 8.78 Å². The predicted octanol–water partition coefficient (Wildman–Crippen LogP) is 1.49. The fraction of sp³-hybridized carbons (Fsp3) is 0.333. The summed E-state index contributed by atoms with van der Waals surface area (Å²) in [6.07, 6.45) is -0.0944. The van der Waals surface area contributed by atoms with E-state index < -0.39 is 29.6 Å². The van der Waals surface area contributed by atoms with Crippen molar-refractivity contribution in [2.45, 2.75) is 25.8 Å². The second-order valence-corrected chi connectivity index (χ2v) is 3.78. The first kappa shape index (κ1) is 14.1. The number of amides is 1. The summed E-state index contributed by atoms with van der Waals surface area (Å²) in [5, 5.41) is 11.0. The van der Waals surface area contributed by atoms with Gasteiger partial charge in [0.1, 0.15) is 17.7 Å². The summed E-state index contributed by atoms with van der Waals surface area (Å²) in [6.45, 7) is 1.61. The molecule has 6 heteroatoms. The predicted molar refractivity (Wildman–Crippen MR) is 59.9 cm³/mol. The van der Waals surface area contributed by atoms with E-state index in [1.165, 1.54) is 0 Å². The van der Waals surface area contributed by atoms with Crippen molar-refractivity contribution < 1.29 is 23.5 Å². The first-order valence-corrected chi connectivity index (χ1v) is 5.40. The van der Waals surface area contributed by atoms with E-state index in [4.69, 9.17) is 5.11 Å². The zero-order valence-electron chi connectivity index (χ0n) is 9.74. The number of nitrogens with one attached hydrogen (secondary N) is 1. The van der Waals surface area contributed by atoms with Crippen molar-refractivity contribution in [1.29, 1.82) is 0 Å². The second-order valence-electron chi connectivity index (χ2n) is 3.78. The summed E-state index contributed by atoms with van der Waals surface area (Å²) in [5.41, 5.74) is 0.0224. The monoisotopic (exact) mass is 257 g/mol. The molecule has 1 rings (SSSR count). The number of carbonyl (C=O) groups is 2. The zero-order chi connectivity index (χ0) is 13.7. The van der Waals surface area contributed by atoms with Crippen LogP contribution in [0, 0.1) is 11.6 Å². The van der Waals surface area contributed by atoms with Crippen LogP contribution in [0.15, 0.2) is 18.2 Å².